The van der Waals surface area contributed by atoms with Crippen molar-refractivity contribution >= 4 is 108 Å². The van der Waals surface area contributed by atoms with Crippen molar-refractivity contribution in [3.05, 3.63) is 206 Å². The summed E-state index contributed by atoms with van der Waals surface area (Å²) in [5.74, 6) is 0.710. The van der Waals surface area contributed by atoms with Gasteiger partial charge in [0.05, 0.1) is 38.0 Å². The zero-order valence-corrected chi connectivity index (χ0v) is 34.6. The zero-order valence-electron chi connectivity index (χ0n) is 33.8. The predicted octanol–water partition coefficient (Wildman–Crippen LogP) is 15.8. The van der Waals surface area contributed by atoms with E-state index in [1.165, 1.54) is 85.7 Å². The molecule has 0 aliphatic rings. The number of para-hydroxylation sites is 2. The van der Waals surface area contributed by atoms with Gasteiger partial charge in [-0.05, 0) is 69.8 Å². The molecule has 292 valence electrons. The van der Waals surface area contributed by atoms with E-state index in [0.717, 1.165) is 38.6 Å². The summed E-state index contributed by atoms with van der Waals surface area (Å²) in [4.78, 5) is 10.3. The minimum absolute atomic E-state index is 0.710. The largest absolute Gasteiger partial charge is 0.309 e. The van der Waals surface area contributed by atoms with E-state index in [1.54, 1.807) is 0 Å². The first-order valence-electron chi connectivity index (χ1n) is 21.4. The minimum Gasteiger partial charge on any atom is -0.309 e. The first-order valence-corrected chi connectivity index (χ1v) is 22.2. The summed E-state index contributed by atoms with van der Waals surface area (Å²) in [6, 6.07) is 72.6. The second kappa shape index (κ2) is 13.2. The number of hydrogen-bond acceptors (Lipinski definition) is 3. The molecule has 63 heavy (non-hydrogen) atoms. The lowest BCUT2D eigenvalue weighted by atomic mass is 9.98. The summed E-state index contributed by atoms with van der Waals surface area (Å²) in [5.41, 5.74) is 11.4. The van der Waals surface area contributed by atoms with Crippen LogP contribution in [0.25, 0.3) is 130 Å². The molecular weight excluding hydrogens is 785 g/mol. The van der Waals surface area contributed by atoms with Crippen LogP contribution >= 0.6 is 11.3 Å². The van der Waals surface area contributed by atoms with Gasteiger partial charge in [0, 0.05) is 65.2 Å². The Labute approximate surface area is 365 Å². The fraction of sp³-hybridized carbons (Fsp3) is 0. The average Bonchev–Trinajstić information content (AvgIpc) is 4.02. The van der Waals surface area contributed by atoms with Gasteiger partial charge in [0.1, 0.15) is 0 Å². The highest BCUT2D eigenvalue weighted by molar-refractivity contribution is 7.26. The van der Waals surface area contributed by atoms with E-state index in [9.17, 15) is 0 Å². The Hall–Kier alpha value is -8.12. The summed E-state index contributed by atoms with van der Waals surface area (Å²) < 4.78 is 7.52. The van der Waals surface area contributed by atoms with Crippen LogP contribution in [0.1, 0.15) is 0 Å². The van der Waals surface area contributed by atoms with Gasteiger partial charge in [-0.15, -0.1) is 11.3 Å². The number of hydrogen-bond donors (Lipinski definition) is 0. The van der Waals surface area contributed by atoms with Crippen LogP contribution < -0.4 is 0 Å². The Balaban J connectivity index is 0.992. The highest BCUT2D eigenvalue weighted by atomic mass is 32.1. The Bertz CT molecular complexity index is 4180. The third-order valence-corrected chi connectivity index (χ3v) is 14.4. The van der Waals surface area contributed by atoms with Crippen LogP contribution in [0.4, 0.5) is 0 Å². The number of fused-ring (bicyclic) bond motifs is 16. The van der Waals surface area contributed by atoms with Crippen molar-refractivity contribution in [2.45, 2.75) is 0 Å². The number of aromatic nitrogens is 4. The van der Waals surface area contributed by atoms with Gasteiger partial charge in [0.2, 0.25) is 0 Å². The first kappa shape index (κ1) is 34.6. The van der Waals surface area contributed by atoms with Crippen LogP contribution in [0.3, 0.4) is 0 Å². The molecule has 0 bridgehead atoms. The average molecular weight is 819 g/mol. The normalized spacial score (nSPS) is 12.1. The van der Waals surface area contributed by atoms with Gasteiger partial charge in [-0.1, -0.05) is 158 Å². The summed E-state index contributed by atoms with van der Waals surface area (Å²) in [6.07, 6.45) is 2.01. The van der Waals surface area contributed by atoms with E-state index in [-0.39, 0.29) is 0 Å². The minimum atomic E-state index is 0.710. The molecule has 0 radical (unpaired) electrons. The fourth-order valence-corrected chi connectivity index (χ4v) is 11.8. The quantitative estimate of drug-likeness (QED) is 0.166. The lowest BCUT2D eigenvalue weighted by Gasteiger charge is -2.12. The van der Waals surface area contributed by atoms with Crippen LogP contribution in [-0.2, 0) is 0 Å². The Morgan fingerprint density at radius 3 is 1.65 bits per heavy atom. The standard InChI is InChI=1S/C58H34N4S/c1-2-15-35(16-3-1)38-25-13-26-43-44-27-14-30-52(57(44)63-56(38)43)62-49-29-11-9-24-46(49)54-51(62)32-31-50-53(54)45-23-8-10-28-48(45)61(50)37-18-12-17-36(33-37)58-59-34-47-41-21-5-4-19-39(41)40-20-6-7-22-42(40)55(47)60-58/h1-34H. The maximum absolute atomic E-state index is 5.31. The zero-order chi connectivity index (χ0) is 41.2. The van der Waals surface area contributed by atoms with Gasteiger partial charge in [0.25, 0.3) is 0 Å². The van der Waals surface area contributed by atoms with Crippen molar-refractivity contribution in [1.29, 1.82) is 0 Å². The molecule has 4 aromatic heterocycles. The second-order valence-electron chi connectivity index (χ2n) is 16.5. The van der Waals surface area contributed by atoms with E-state index in [0.29, 0.717) is 5.82 Å². The molecule has 0 spiro atoms. The lowest BCUT2D eigenvalue weighted by molar-refractivity contribution is 1.17. The molecule has 10 aromatic carbocycles. The molecule has 0 saturated heterocycles. The molecule has 4 heterocycles. The van der Waals surface area contributed by atoms with Crippen molar-refractivity contribution in [3.8, 4) is 33.9 Å². The molecule has 0 atom stereocenters. The molecular formula is C58H34N4S. The van der Waals surface area contributed by atoms with Crippen molar-refractivity contribution < 1.29 is 0 Å². The third-order valence-electron chi connectivity index (χ3n) is 13.1. The van der Waals surface area contributed by atoms with Crippen LogP contribution in [0.2, 0.25) is 0 Å². The van der Waals surface area contributed by atoms with Crippen molar-refractivity contribution in [2.24, 2.45) is 0 Å². The van der Waals surface area contributed by atoms with Gasteiger partial charge in [-0.2, -0.15) is 0 Å². The van der Waals surface area contributed by atoms with E-state index >= 15 is 0 Å². The molecule has 5 heteroatoms. The van der Waals surface area contributed by atoms with E-state index in [4.69, 9.17) is 9.97 Å². The molecule has 4 nitrogen and oxygen atoms in total. The van der Waals surface area contributed by atoms with Gasteiger partial charge in [-0.3, -0.25) is 0 Å². The highest BCUT2D eigenvalue weighted by Crippen LogP contribution is 2.47. The lowest BCUT2D eigenvalue weighted by Crippen LogP contribution is -1.97. The van der Waals surface area contributed by atoms with Crippen LogP contribution in [0, 0.1) is 0 Å². The molecule has 0 N–H and O–H groups in total. The van der Waals surface area contributed by atoms with E-state index in [1.807, 2.05) is 17.5 Å². The molecule has 14 aromatic rings. The number of nitrogens with zero attached hydrogens (tertiary/aromatic N) is 4. The van der Waals surface area contributed by atoms with Crippen molar-refractivity contribution in [1.82, 2.24) is 19.1 Å². The van der Waals surface area contributed by atoms with Crippen molar-refractivity contribution in [2.75, 3.05) is 0 Å². The smallest absolute Gasteiger partial charge is 0.159 e. The summed E-state index contributed by atoms with van der Waals surface area (Å²) in [6.45, 7) is 0. The molecule has 0 amide bonds. The topological polar surface area (TPSA) is 35.6 Å². The molecule has 0 aliphatic heterocycles. The van der Waals surface area contributed by atoms with Gasteiger partial charge in [0.15, 0.2) is 5.82 Å². The summed E-state index contributed by atoms with van der Waals surface area (Å²) in [5, 5.41) is 13.3. The monoisotopic (exact) mass is 818 g/mol. The maximum atomic E-state index is 5.31. The Morgan fingerprint density at radius 2 is 0.905 bits per heavy atom. The number of rotatable bonds is 4. The molecule has 0 saturated carbocycles. The number of thiophene rings is 1. The third kappa shape index (κ3) is 4.91. The summed E-state index contributed by atoms with van der Waals surface area (Å²) >= 11 is 1.90. The van der Waals surface area contributed by atoms with Crippen molar-refractivity contribution in [3.63, 3.8) is 0 Å². The van der Waals surface area contributed by atoms with Gasteiger partial charge < -0.3 is 9.13 Å². The first-order chi connectivity index (χ1) is 31.3. The predicted molar refractivity (Wildman–Crippen MR) is 267 cm³/mol. The van der Waals surface area contributed by atoms with Crippen LogP contribution in [-0.4, -0.2) is 19.1 Å². The van der Waals surface area contributed by atoms with Gasteiger partial charge >= 0.3 is 0 Å². The van der Waals surface area contributed by atoms with E-state index in [2.05, 4.69) is 209 Å². The second-order valence-corrected chi connectivity index (χ2v) is 17.5. The highest BCUT2D eigenvalue weighted by Gasteiger charge is 2.23. The Kier molecular flexibility index (Phi) is 7.24. The molecule has 0 aliphatic carbocycles. The molecule has 0 unspecified atom stereocenters. The van der Waals surface area contributed by atoms with Gasteiger partial charge in [-0.25, -0.2) is 9.97 Å². The van der Waals surface area contributed by atoms with Crippen LogP contribution in [0.5, 0.6) is 0 Å². The summed E-state index contributed by atoms with van der Waals surface area (Å²) in [7, 11) is 0. The molecule has 14 rings (SSSR count). The maximum Gasteiger partial charge on any atom is 0.159 e. The fourth-order valence-electron chi connectivity index (χ4n) is 10.5. The number of benzene rings is 10. The SMILES string of the molecule is c1ccc(-c2cccc3c2sc2c(-n4c5ccccc5c5c6c7ccccc7n(-c7cccc(-c8ncc9c%10ccccc%10c%10ccccc%10c9n8)c7)c6ccc54)cccc23)cc1. The molecule has 0 fully saturated rings. The Morgan fingerprint density at radius 1 is 0.365 bits per heavy atom. The van der Waals surface area contributed by atoms with Crippen LogP contribution in [0.15, 0.2) is 206 Å². The van der Waals surface area contributed by atoms with E-state index < -0.39 is 0 Å².